The van der Waals surface area contributed by atoms with E-state index in [4.69, 9.17) is 9.15 Å². The second-order valence-corrected chi connectivity index (χ2v) is 9.61. The number of carbonyl (C=O) groups is 1. The van der Waals surface area contributed by atoms with Gasteiger partial charge in [0.25, 0.3) is 0 Å². The minimum Gasteiger partial charge on any atom is -0.490 e. The van der Waals surface area contributed by atoms with Crippen molar-refractivity contribution in [3.8, 4) is 5.75 Å². The number of aromatic nitrogens is 3. The smallest absolute Gasteiger partial charge is 0.339 e. The molecule has 2 aromatic heterocycles. The summed E-state index contributed by atoms with van der Waals surface area (Å²) in [6, 6.07) is 13.5. The Kier molecular flexibility index (Phi) is 6.69. The number of piperidine rings is 1. The van der Waals surface area contributed by atoms with Crippen molar-refractivity contribution in [1.82, 2.24) is 19.9 Å². The first kappa shape index (κ1) is 23.9. The number of rotatable bonds is 7. The van der Waals surface area contributed by atoms with E-state index in [1.54, 1.807) is 16.9 Å². The Morgan fingerprint density at radius 2 is 1.89 bits per heavy atom. The number of carbonyl (C=O) groups excluding carboxylic acids is 1. The summed E-state index contributed by atoms with van der Waals surface area (Å²) >= 11 is 0. The van der Waals surface area contributed by atoms with Gasteiger partial charge >= 0.3 is 5.63 Å². The molecule has 2 aromatic carbocycles. The summed E-state index contributed by atoms with van der Waals surface area (Å²) in [6.07, 6.45) is 3.60. The summed E-state index contributed by atoms with van der Waals surface area (Å²) in [5, 5.41) is 8.87. The van der Waals surface area contributed by atoms with Gasteiger partial charge in [-0.05, 0) is 63.1 Å². The van der Waals surface area contributed by atoms with Gasteiger partial charge in [-0.3, -0.25) is 4.79 Å². The average Bonchev–Trinajstić information content (AvgIpc) is 3.33. The Balaban J connectivity index is 1.31. The van der Waals surface area contributed by atoms with Gasteiger partial charge in [0.05, 0.1) is 12.7 Å². The molecule has 0 atom stereocenters. The van der Waals surface area contributed by atoms with Crippen LogP contribution in [-0.2, 0) is 13.0 Å². The van der Waals surface area contributed by atoms with Crippen LogP contribution in [0.1, 0.15) is 45.6 Å². The van der Waals surface area contributed by atoms with Crippen molar-refractivity contribution >= 4 is 16.8 Å². The highest BCUT2D eigenvalue weighted by atomic mass is 16.5. The molecule has 0 amide bonds. The first-order valence-electron chi connectivity index (χ1n) is 12.3. The van der Waals surface area contributed by atoms with Crippen LogP contribution < -0.4 is 10.4 Å². The lowest BCUT2D eigenvalue weighted by Crippen LogP contribution is -2.35. The van der Waals surface area contributed by atoms with Gasteiger partial charge in [0.1, 0.15) is 23.1 Å². The number of likely N-dealkylation sites (tertiary alicyclic amines) is 1. The van der Waals surface area contributed by atoms with Gasteiger partial charge in [0.2, 0.25) is 0 Å². The zero-order chi connectivity index (χ0) is 25.2. The molecule has 1 aliphatic rings. The van der Waals surface area contributed by atoms with Gasteiger partial charge in [0.15, 0.2) is 5.78 Å². The molecule has 0 aliphatic carbocycles. The Labute approximate surface area is 209 Å². The van der Waals surface area contributed by atoms with Crippen LogP contribution in [0.3, 0.4) is 0 Å². The maximum absolute atomic E-state index is 12.9. The molecule has 0 spiro atoms. The monoisotopic (exact) mass is 486 g/mol. The quantitative estimate of drug-likeness (QED) is 0.289. The van der Waals surface area contributed by atoms with Crippen LogP contribution in [0.2, 0.25) is 0 Å². The average molecular weight is 487 g/mol. The van der Waals surface area contributed by atoms with E-state index in [0.29, 0.717) is 17.7 Å². The summed E-state index contributed by atoms with van der Waals surface area (Å²) in [4.78, 5) is 27.9. The lowest BCUT2D eigenvalue weighted by atomic mass is 10.0. The van der Waals surface area contributed by atoms with E-state index in [0.717, 1.165) is 53.8 Å². The highest BCUT2D eigenvalue weighted by molar-refractivity contribution is 5.95. The molecule has 5 rings (SSSR count). The van der Waals surface area contributed by atoms with E-state index < -0.39 is 5.63 Å². The maximum Gasteiger partial charge on any atom is 0.339 e. The second-order valence-electron chi connectivity index (χ2n) is 9.61. The molecular formula is C28H30N4O4. The molecule has 1 saturated heterocycles. The SMILES string of the molecule is Cc1ccccc1Cn1cc(C(=O)Cc2cc3ccc(OC4CCN(C)CC4)c(C)c3oc2=O)nn1. The van der Waals surface area contributed by atoms with Crippen molar-refractivity contribution in [1.29, 1.82) is 0 Å². The lowest BCUT2D eigenvalue weighted by Gasteiger charge is -2.29. The normalized spacial score (nSPS) is 14.9. The Hall–Kier alpha value is -3.78. The molecule has 1 aliphatic heterocycles. The minimum atomic E-state index is -0.525. The molecule has 4 aromatic rings. The van der Waals surface area contributed by atoms with Gasteiger partial charge in [-0.1, -0.05) is 29.5 Å². The van der Waals surface area contributed by atoms with Crippen molar-refractivity contribution in [3.63, 3.8) is 0 Å². The van der Waals surface area contributed by atoms with Crippen LogP contribution in [0.5, 0.6) is 5.75 Å². The fraction of sp³-hybridized carbons (Fsp3) is 0.357. The first-order chi connectivity index (χ1) is 17.4. The van der Waals surface area contributed by atoms with Crippen LogP contribution in [0, 0.1) is 13.8 Å². The van der Waals surface area contributed by atoms with Crippen molar-refractivity contribution < 1.29 is 13.9 Å². The topological polar surface area (TPSA) is 90.5 Å². The lowest BCUT2D eigenvalue weighted by molar-refractivity contribution is 0.0987. The highest BCUT2D eigenvalue weighted by Crippen LogP contribution is 2.29. The molecule has 0 N–H and O–H groups in total. The standard InChI is InChI=1S/C28H30N4O4/c1-18-6-4-5-7-21(18)16-32-17-24(29-30-32)25(33)15-22-14-20-8-9-26(19(2)27(20)36-28(22)34)35-23-10-12-31(3)13-11-23/h4-9,14,17,23H,10-13,15-16H2,1-3H3. The molecule has 3 heterocycles. The number of ketones is 1. The molecule has 0 radical (unpaired) electrons. The summed E-state index contributed by atoms with van der Waals surface area (Å²) in [7, 11) is 2.11. The van der Waals surface area contributed by atoms with Crippen LogP contribution in [-0.4, -0.2) is 51.9 Å². The van der Waals surface area contributed by atoms with Crippen LogP contribution in [0.25, 0.3) is 11.0 Å². The zero-order valence-corrected chi connectivity index (χ0v) is 20.9. The van der Waals surface area contributed by atoms with Crippen molar-refractivity contribution in [2.75, 3.05) is 20.1 Å². The maximum atomic E-state index is 12.9. The molecule has 8 nitrogen and oxygen atoms in total. The molecule has 186 valence electrons. The summed E-state index contributed by atoms with van der Waals surface area (Å²) in [6.45, 7) is 6.45. The number of aryl methyl sites for hydroxylation is 2. The number of benzene rings is 2. The van der Waals surface area contributed by atoms with Gasteiger partial charge in [-0.15, -0.1) is 5.10 Å². The van der Waals surface area contributed by atoms with E-state index in [2.05, 4.69) is 22.3 Å². The van der Waals surface area contributed by atoms with Gasteiger partial charge in [0, 0.05) is 36.0 Å². The van der Waals surface area contributed by atoms with Crippen LogP contribution in [0.4, 0.5) is 0 Å². The molecule has 0 unspecified atom stereocenters. The number of ether oxygens (including phenoxy) is 1. The molecule has 1 fully saturated rings. The third-order valence-corrected chi connectivity index (χ3v) is 6.90. The van der Waals surface area contributed by atoms with Crippen LogP contribution >= 0.6 is 0 Å². The third-order valence-electron chi connectivity index (χ3n) is 6.90. The van der Waals surface area contributed by atoms with Crippen molar-refractivity contribution in [2.45, 2.75) is 45.8 Å². The molecule has 8 heteroatoms. The van der Waals surface area contributed by atoms with Crippen LogP contribution in [0.15, 0.2) is 57.9 Å². The summed E-state index contributed by atoms with van der Waals surface area (Å²) in [5.74, 6) is 0.450. The number of hydrogen-bond donors (Lipinski definition) is 0. The van der Waals surface area contributed by atoms with Gasteiger partial charge in [-0.25, -0.2) is 9.48 Å². The third kappa shape index (κ3) is 5.09. The Morgan fingerprint density at radius 1 is 1.11 bits per heavy atom. The van der Waals surface area contributed by atoms with Gasteiger partial charge in [-0.2, -0.15) is 0 Å². The fourth-order valence-electron chi connectivity index (χ4n) is 4.61. The van der Waals surface area contributed by atoms with E-state index in [-0.39, 0.29) is 24.0 Å². The predicted octanol–water partition coefficient (Wildman–Crippen LogP) is 3.95. The van der Waals surface area contributed by atoms with E-state index in [9.17, 15) is 9.59 Å². The molecule has 0 saturated carbocycles. The largest absolute Gasteiger partial charge is 0.490 e. The van der Waals surface area contributed by atoms with E-state index >= 15 is 0 Å². The van der Waals surface area contributed by atoms with E-state index in [1.807, 2.05) is 50.2 Å². The van der Waals surface area contributed by atoms with Crippen molar-refractivity contribution in [3.05, 3.63) is 87.0 Å². The van der Waals surface area contributed by atoms with E-state index in [1.165, 1.54) is 0 Å². The van der Waals surface area contributed by atoms with Gasteiger partial charge < -0.3 is 14.1 Å². The zero-order valence-electron chi connectivity index (χ0n) is 20.9. The number of fused-ring (bicyclic) bond motifs is 1. The highest BCUT2D eigenvalue weighted by Gasteiger charge is 2.21. The predicted molar refractivity (Wildman–Crippen MR) is 137 cm³/mol. The molecule has 0 bridgehead atoms. The Bertz CT molecular complexity index is 1460. The summed E-state index contributed by atoms with van der Waals surface area (Å²) in [5.41, 5.74) is 3.52. The number of nitrogens with zero attached hydrogens (tertiary/aromatic N) is 4. The van der Waals surface area contributed by atoms with Crippen molar-refractivity contribution in [2.24, 2.45) is 0 Å². The second kappa shape index (κ2) is 10.1. The summed E-state index contributed by atoms with van der Waals surface area (Å²) < 4.78 is 13.5. The molecular weight excluding hydrogens is 456 g/mol. The Morgan fingerprint density at radius 3 is 2.67 bits per heavy atom. The molecule has 36 heavy (non-hydrogen) atoms. The first-order valence-corrected chi connectivity index (χ1v) is 12.3. The fourth-order valence-corrected chi connectivity index (χ4v) is 4.61. The number of hydrogen-bond acceptors (Lipinski definition) is 7. The number of Topliss-reactive ketones (excluding diaryl/α,β-unsaturated/α-hetero) is 1. The minimum absolute atomic E-state index is 0.103.